The number of anilines is 1. The molecule has 2 amide bonds. The summed E-state index contributed by atoms with van der Waals surface area (Å²) < 4.78 is 42.3. The normalized spacial score (nSPS) is 11.8. The topological polar surface area (TPSA) is 114 Å². The molecular weight excluding hydrogens is 498 g/mol. The Hall–Kier alpha value is -3.47. The molecule has 0 spiro atoms. The summed E-state index contributed by atoms with van der Waals surface area (Å²) in [6.07, 6.45) is 2.12. The number of ether oxygens (including phenoxy) is 3. The molecule has 0 unspecified atom stereocenters. The zero-order valence-corrected chi connectivity index (χ0v) is 23.1. The van der Waals surface area contributed by atoms with Gasteiger partial charge in [0.15, 0.2) is 11.5 Å². The lowest BCUT2D eigenvalue weighted by molar-refractivity contribution is -0.140. The van der Waals surface area contributed by atoms with Gasteiger partial charge in [-0.2, -0.15) is 0 Å². The summed E-state index contributed by atoms with van der Waals surface area (Å²) in [6, 6.07) is 11.0. The zero-order chi connectivity index (χ0) is 27.6. The van der Waals surface area contributed by atoms with Crippen LogP contribution in [0.2, 0.25) is 0 Å². The highest BCUT2D eigenvalue weighted by Crippen LogP contribution is 2.32. The minimum atomic E-state index is -3.87. The van der Waals surface area contributed by atoms with E-state index in [9.17, 15) is 18.0 Å². The average molecular weight is 536 g/mol. The first-order chi connectivity index (χ1) is 17.6. The molecule has 0 saturated heterocycles. The third kappa shape index (κ3) is 8.01. The number of hydrogen-bond donors (Lipinski definition) is 1. The molecule has 1 N–H and O–H groups in total. The van der Waals surface area contributed by atoms with Gasteiger partial charge in [0, 0.05) is 19.2 Å². The number of nitrogens with one attached hydrogen (secondary N) is 1. The van der Waals surface area contributed by atoms with Gasteiger partial charge in [0.05, 0.1) is 33.3 Å². The predicted molar refractivity (Wildman–Crippen MR) is 143 cm³/mol. The molecule has 10 nitrogen and oxygen atoms in total. The van der Waals surface area contributed by atoms with Crippen molar-refractivity contribution in [3.63, 3.8) is 0 Å². The van der Waals surface area contributed by atoms with Crippen LogP contribution in [-0.4, -0.2) is 71.8 Å². The Balaban J connectivity index is 2.46. The lowest BCUT2D eigenvalue weighted by Crippen LogP contribution is -2.52. The fourth-order valence-electron chi connectivity index (χ4n) is 3.81. The lowest BCUT2D eigenvalue weighted by atomic mass is 10.1. The fraction of sp³-hybridized carbons (Fsp3) is 0.462. The molecule has 0 saturated carbocycles. The van der Waals surface area contributed by atoms with Crippen LogP contribution in [0.1, 0.15) is 32.3 Å². The fourth-order valence-corrected chi connectivity index (χ4v) is 4.65. The zero-order valence-electron chi connectivity index (χ0n) is 22.3. The maximum atomic E-state index is 13.7. The van der Waals surface area contributed by atoms with Gasteiger partial charge in [-0.3, -0.25) is 13.9 Å². The molecule has 0 bridgehead atoms. The molecule has 0 aliphatic heterocycles. The van der Waals surface area contributed by atoms with Crippen molar-refractivity contribution in [2.75, 3.05) is 45.0 Å². The van der Waals surface area contributed by atoms with Gasteiger partial charge in [0.25, 0.3) is 0 Å². The number of benzene rings is 2. The van der Waals surface area contributed by atoms with E-state index in [-0.39, 0.29) is 18.1 Å². The van der Waals surface area contributed by atoms with Crippen molar-refractivity contribution in [1.29, 1.82) is 0 Å². The Bertz CT molecular complexity index is 1150. The molecule has 0 fully saturated rings. The van der Waals surface area contributed by atoms with Crippen LogP contribution in [0.5, 0.6) is 17.2 Å². The minimum absolute atomic E-state index is 0.115. The molecule has 204 valence electrons. The molecule has 11 heteroatoms. The number of nitrogens with zero attached hydrogens (tertiary/aromatic N) is 2. The SMILES string of the molecule is CCCNC(=O)[C@H](CC)N(Cc1ccc(OC)cc1)C(=O)CN(c1ccc(OC)c(OC)c1)S(C)(=O)=O. The van der Waals surface area contributed by atoms with E-state index in [2.05, 4.69) is 5.32 Å². The second-order valence-corrected chi connectivity index (χ2v) is 10.3. The van der Waals surface area contributed by atoms with Gasteiger partial charge in [0.2, 0.25) is 21.8 Å². The van der Waals surface area contributed by atoms with Crippen molar-refractivity contribution in [3.05, 3.63) is 48.0 Å². The van der Waals surface area contributed by atoms with Gasteiger partial charge in [-0.05, 0) is 42.7 Å². The molecule has 2 rings (SSSR count). The minimum Gasteiger partial charge on any atom is -0.497 e. The Labute approximate surface area is 219 Å². The van der Waals surface area contributed by atoms with Crippen LogP contribution in [-0.2, 0) is 26.2 Å². The smallest absolute Gasteiger partial charge is 0.244 e. The average Bonchev–Trinajstić information content (AvgIpc) is 2.89. The third-order valence-corrected chi connectivity index (χ3v) is 6.92. The highest BCUT2D eigenvalue weighted by Gasteiger charge is 2.32. The first-order valence-corrected chi connectivity index (χ1v) is 13.8. The molecule has 0 heterocycles. The van der Waals surface area contributed by atoms with Crippen LogP contribution in [0.4, 0.5) is 5.69 Å². The second-order valence-electron chi connectivity index (χ2n) is 8.39. The van der Waals surface area contributed by atoms with E-state index < -0.39 is 28.5 Å². The first kappa shape index (κ1) is 29.8. The standard InChI is InChI=1S/C26H37N3O7S/c1-7-15-27-26(31)22(8-2)28(17-19-9-12-21(34-3)13-10-19)25(30)18-29(37(6,32)33)20-11-14-23(35-4)24(16-20)36-5/h9-14,16,22H,7-8,15,17-18H2,1-6H3,(H,27,31)/t22-/m0/s1. The summed E-state index contributed by atoms with van der Waals surface area (Å²) in [6.45, 7) is 3.84. The summed E-state index contributed by atoms with van der Waals surface area (Å²) in [7, 11) is 0.605. The Morgan fingerprint density at radius 3 is 2.11 bits per heavy atom. The van der Waals surface area contributed by atoms with Crippen LogP contribution in [0.15, 0.2) is 42.5 Å². The number of carbonyl (C=O) groups excluding carboxylic acids is 2. The van der Waals surface area contributed by atoms with Crippen molar-refractivity contribution in [3.8, 4) is 17.2 Å². The van der Waals surface area contributed by atoms with Crippen LogP contribution >= 0.6 is 0 Å². The van der Waals surface area contributed by atoms with Crippen LogP contribution < -0.4 is 23.8 Å². The van der Waals surface area contributed by atoms with Crippen molar-refractivity contribution in [2.45, 2.75) is 39.3 Å². The monoisotopic (exact) mass is 535 g/mol. The number of carbonyl (C=O) groups is 2. The van der Waals surface area contributed by atoms with E-state index in [1.165, 1.54) is 31.3 Å². The molecule has 2 aromatic rings. The van der Waals surface area contributed by atoms with E-state index in [0.29, 0.717) is 30.2 Å². The summed E-state index contributed by atoms with van der Waals surface area (Å²) in [5, 5.41) is 2.85. The van der Waals surface area contributed by atoms with Gasteiger partial charge in [-0.15, -0.1) is 0 Å². The molecule has 37 heavy (non-hydrogen) atoms. The van der Waals surface area contributed by atoms with Gasteiger partial charge in [-0.1, -0.05) is 26.0 Å². The molecule has 0 radical (unpaired) electrons. The van der Waals surface area contributed by atoms with Crippen LogP contribution in [0.25, 0.3) is 0 Å². The predicted octanol–water partition coefficient (Wildman–Crippen LogP) is 2.81. The highest BCUT2D eigenvalue weighted by molar-refractivity contribution is 7.92. The quantitative estimate of drug-likeness (QED) is 0.396. The summed E-state index contributed by atoms with van der Waals surface area (Å²) in [5.74, 6) is 0.594. The maximum absolute atomic E-state index is 13.7. The summed E-state index contributed by atoms with van der Waals surface area (Å²) >= 11 is 0. The van der Waals surface area contributed by atoms with Gasteiger partial charge >= 0.3 is 0 Å². The lowest BCUT2D eigenvalue weighted by Gasteiger charge is -2.33. The Kier molecular flexibility index (Phi) is 11.0. The molecule has 2 aromatic carbocycles. The number of sulfonamides is 1. The van der Waals surface area contributed by atoms with E-state index in [4.69, 9.17) is 14.2 Å². The summed E-state index contributed by atoms with van der Waals surface area (Å²) in [4.78, 5) is 28.1. The molecule has 0 aromatic heterocycles. The molecule has 1 atom stereocenters. The Morgan fingerprint density at radius 2 is 1.59 bits per heavy atom. The highest BCUT2D eigenvalue weighted by atomic mass is 32.2. The summed E-state index contributed by atoms with van der Waals surface area (Å²) in [5.41, 5.74) is 1.01. The number of amides is 2. The second kappa shape index (κ2) is 13.7. The number of methoxy groups -OCH3 is 3. The molecular formula is C26H37N3O7S. The van der Waals surface area contributed by atoms with E-state index >= 15 is 0 Å². The van der Waals surface area contributed by atoms with Crippen molar-refractivity contribution < 1.29 is 32.2 Å². The van der Waals surface area contributed by atoms with E-state index in [0.717, 1.165) is 22.5 Å². The van der Waals surface area contributed by atoms with Crippen LogP contribution in [0.3, 0.4) is 0 Å². The Morgan fingerprint density at radius 1 is 0.946 bits per heavy atom. The number of rotatable bonds is 14. The van der Waals surface area contributed by atoms with Crippen LogP contribution in [0, 0.1) is 0 Å². The molecule has 0 aliphatic rings. The van der Waals surface area contributed by atoms with E-state index in [1.807, 2.05) is 13.8 Å². The van der Waals surface area contributed by atoms with Gasteiger partial charge in [-0.25, -0.2) is 8.42 Å². The largest absolute Gasteiger partial charge is 0.497 e. The van der Waals surface area contributed by atoms with Crippen molar-refractivity contribution >= 4 is 27.5 Å². The van der Waals surface area contributed by atoms with Gasteiger partial charge < -0.3 is 24.4 Å². The van der Waals surface area contributed by atoms with Gasteiger partial charge in [0.1, 0.15) is 18.3 Å². The van der Waals surface area contributed by atoms with E-state index in [1.54, 1.807) is 37.4 Å². The maximum Gasteiger partial charge on any atom is 0.244 e. The van der Waals surface area contributed by atoms with Crippen molar-refractivity contribution in [1.82, 2.24) is 10.2 Å². The third-order valence-electron chi connectivity index (χ3n) is 5.78. The van der Waals surface area contributed by atoms with Crippen molar-refractivity contribution in [2.24, 2.45) is 0 Å². The molecule has 0 aliphatic carbocycles. The number of hydrogen-bond acceptors (Lipinski definition) is 7. The first-order valence-electron chi connectivity index (χ1n) is 12.0.